The third kappa shape index (κ3) is 2.59. The molecule has 3 heteroatoms. The van der Waals surface area contributed by atoms with Crippen LogP contribution in [0.4, 0.5) is 0 Å². The minimum absolute atomic E-state index is 0.165. The number of Topliss-reactive ketones (excluding diaryl/α,β-unsaturated/α-hetero) is 1. The molecular weight excluding hydrogens is 186 g/mol. The smallest absolute Gasteiger partial charge is 0.159 e. The molecule has 0 atom stereocenters. The molecule has 0 bridgehead atoms. The topological polar surface area (TPSA) is 22.0 Å². The maximum Gasteiger partial charge on any atom is 0.159 e. The van der Waals surface area contributed by atoms with Gasteiger partial charge in [0.15, 0.2) is 5.78 Å². The van der Waals surface area contributed by atoms with Gasteiger partial charge in [0.2, 0.25) is 0 Å². The van der Waals surface area contributed by atoms with E-state index in [2.05, 4.69) is 0 Å². The normalized spacial score (nSPS) is 11.6. The predicted octanol–water partition coefficient (Wildman–Crippen LogP) is 2.32. The first-order valence-corrected chi connectivity index (χ1v) is 4.80. The van der Waals surface area contributed by atoms with Crippen LogP contribution < -0.4 is 0 Å². The molecular formula is C10H14ClNO. The van der Waals surface area contributed by atoms with Gasteiger partial charge in [-0.1, -0.05) is 13.8 Å². The van der Waals surface area contributed by atoms with Crippen molar-refractivity contribution in [2.24, 2.45) is 5.41 Å². The molecule has 0 aromatic carbocycles. The van der Waals surface area contributed by atoms with Gasteiger partial charge >= 0.3 is 0 Å². The van der Waals surface area contributed by atoms with E-state index >= 15 is 0 Å². The Balaban J connectivity index is 2.61. The van der Waals surface area contributed by atoms with Gasteiger partial charge in [0.05, 0.1) is 6.54 Å². The van der Waals surface area contributed by atoms with Crippen LogP contribution in [-0.2, 0) is 11.3 Å². The van der Waals surface area contributed by atoms with Crippen LogP contribution in [0.3, 0.4) is 0 Å². The van der Waals surface area contributed by atoms with Crippen molar-refractivity contribution in [3.05, 3.63) is 24.5 Å². The summed E-state index contributed by atoms with van der Waals surface area (Å²) in [6.07, 6.45) is 3.75. The lowest BCUT2D eigenvalue weighted by molar-refractivity contribution is -0.126. The second-order valence-corrected chi connectivity index (χ2v) is 4.06. The number of ketones is 1. The summed E-state index contributed by atoms with van der Waals surface area (Å²) in [7, 11) is 0. The summed E-state index contributed by atoms with van der Waals surface area (Å²) < 4.78 is 1.86. The summed E-state index contributed by atoms with van der Waals surface area (Å²) in [5.41, 5.74) is -0.425. The minimum Gasteiger partial charge on any atom is -0.347 e. The zero-order valence-electron chi connectivity index (χ0n) is 7.96. The van der Waals surface area contributed by atoms with Crippen LogP contribution in [0.15, 0.2) is 24.5 Å². The molecule has 0 fully saturated rings. The number of rotatable bonds is 4. The van der Waals surface area contributed by atoms with Gasteiger partial charge in [-0.15, -0.1) is 11.6 Å². The number of hydrogen-bond donors (Lipinski definition) is 0. The van der Waals surface area contributed by atoms with Gasteiger partial charge in [-0.05, 0) is 12.1 Å². The lowest BCUT2D eigenvalue weighted by atomic mass is 9.90. The van der Waals surface area contributed by atoms with Crippen molar-refractivity contribution in [1.29, 1.82) is 0 Å². The van der Waals surface area contributed by atoms with Crippen LogP contribution in [0.1, 0.15) is 13.8 Å². The Hall–Kier alpha value is -0.760. The number of hydrogen-bond acceptors (Lipinski definition) is 1. The molecule has 0 spiro atoms. The quantitative estimate of drug-likeness (QED) is 0.683. The Morgan fingerprint density at radius 2 is 1.92 bits per heavy atom. The molecule has 1 aromatic heterocycles. The SMILES string of the molecule is CC(C)(CCl)C(=O)Cn1cccc1. The molecule has 0 aliphatic carbocycles. The Morgan fingerprint density at radius 1 is 1.38 bits per heavy atom. The van der Waals surface area contributed by atoms with E-state index in [1.165, 1.54) is 0 Å². The predicted molar refractivity (Wildman–Crippen MR) is 53.9 cm³/mol. The second-order valence-electron chi connectivity index (χ2n) is 3.80. The zero-order valence-corrected chi connectivity index (χ0v) is 8.71. The molecule has 0 aliphatic rings. The van der Waals surface area contributed by atoms with Crippen LogP contribution in [-0.4, -0.2) is 16.2 Å². The molecule has 0 N–H and O–H groups in total. The first-order chi connectivity index (χ1) is 6.06. The first-order valence-electron chi connectivity index (χ1n) is 4.26. The molecule has 1 rings (SSSR count). The number of alkyl halides is 1. The highest BCUT2D eigenvalue weighted by Gasteiger charge is 2.25. The highest BCUT2D eigenvalue weighted by atomic mass is 35.5. The summed E-state index contributed by atoms with van der Waals surface area (Å²) >= 11 is 5.70. The molecule has 0 amide bonds. The summed E-state index contributed by atoms with van der Waals surface area (Å²) in [6, 6.07) is 3.81. The van der Waals surface area contributed by atoms with Crippen LogP contribution >= 0.6 is 11.6 Å². The van der Waals surface area contributed by atoms with E-state index in [1.54, 1.807) is 0 Å². The Morgan fingerprint density at radius 3 is 2.38 bits per heavy atom. The third-order valence-corrected chi connectivity index (χ3v) is 2.75. The minimum atomic E-state index is -0.425. The first kappa shape index (κ1) is 10.3. The van der Waals surface area contributed by atoms with Crippen molar-refractivity contribution in [2.45, 2.75) is 20.4 Å². The lowest BCUT2D eigenvalue weighted by Crippen LogP contribution is -2.29. The molecule has 13 heavy (non-hydrogen) atoms. The van der Waals surface area contributed by atoms with Crippen molar-refractivity contribution >= 4 is 17.4 Å². The van der Waals surface area contributed by atoms with Crippen molar-refractivity contribution < 1.29 is 4.79 Å². The fourth-order valence-corrected chi connectivity index (χ4v) is 1.08. The molecule has 1 aromatic rings. The number of halogens is 1. The Kier molecular flexibility index (Phi) is 3.15. The highest BCUT2D eigenvalue weighted by Crippen LogP contribution is 2.19. The molecule has 0 saturated heterocycles. The van der Waals surface area contributed by atoms with E-state index in [0.29, 0.717) is 12.4 Å². The van der Waals surface area contributed by atoms with E-state index in [4.69, 9.17) is 11.6 Å². The monoisotopic (exact) mass is 199 g/mol. The van der Waals surface area contributed by atoms with E-state index < -0.39 is 5.41 Å². The van der Waals surface area contributed by atoms with Crippen LogP contribution in [0.25, 0.3) is 0 Å². The Labute approximate surface area is 83.5 Å². The Bertz CT molecular complexity index is 277. The van der Waals surface area contributed by atoms with E-state index in [1.807, 2.05) is 42.9 Å². The molecule has 0 aliphatic heterocycles. The lowest BCUT2D eigenvalue weighted by Gasteiger charge is -2.19. The third-order valence-electron chi connectivity index (χ3n) is 2.08. The summed E-state index contributed by atoms with van der Waals surface area (Å²) in [5.74, 6) is 0.534. The van der Waals surface area contributed by atoms with Gasteiger partial charge in [-0.3, -0.25) is 4.79 Å². The maximum absolute atomic E-state index is 11.7. The van der Waals surface area contributed by atoms with Gasteiger partial charge in [0.1, 0.15) is 0 Å². The van der Waals surface area contributed by atoms with Gasteiger partial charge in [0, 0.05) is 23.7 Å². The van der Waals surface area contributed by atoms with Crippen molar-refractivity contribution in [1.82, 2.24) is 4.57 Å². The number of aromatic nitrogens is 1. The molecule has 0 saturated carbocycles. The van der Waals surface area contributed by atoms with Crippen molar-refractivity contribution in [3.8, 4) is 0 Å². The molecule has 0 radical (unpaired) electrons. The van der Waals surface area contributed by atoms with E-state index in [9.17, 15) is 4.79 Å². The summed E-state index contributed by atoms with van der Waals surface area (Å²) in [6.45, 7) is 4.14. The molecule has 2 nitrogen and oxygen atoms in total. The van der Waals surface area contributed by atoms with Gasteiger partial charge < -0.3 is 4.57 Å². The number of carbonyl (C=O) groups excluding carboxylic acids is 1. The van der Waals surface area contributed by atoms with Gasteiger partial charge in [0.25, 0.3) is 0 Å². The molecule has 72 valence electrons. The average molecular weight is 200 g/mol. The van der Waals surface area contributed by atoms with Gasteiger partial charge in [-0.2, -0.15) is 0 Å². The highest BCUT2D eigenvalue weighted by molar-refractivity contribution is 6.19. The fourth-order valence-electron chi connectivity index (χ4n) is 0.930. The molecule has 1 heterocycles. The number of nitrogens with zero attached hydrogens (tertiary/aromatic N) is 1. The number of carbonyl (C=O) groups is 1. The second kappa shape index (κ2) is 3.97. The largest absolute Gasteiger partial charge is 0.347 e. The van der Waals surface area contributed by atoms with E-state index in [-0.39, 0.29) is 5.78 Å². The average Bonchev–Trinajstić information content (AvgIpc) is 2.57. The summed E-state index contributed by atoms with van der Waals surface area (Å²) in [4.78, 5) is 11.7. The van der Waals surface area contributed by atoms with E-state index in [0.717, 1.165) is 0 Å². The van der Waals surface area contributed by atoms with Crippen LogP contribution in [0.5, 0.6) is 0 Å². The fraction of sp³-hybridized carbons (Fsp3) is 0.500. The zero-order chi connectivity index (χ0) is 9.90. The summed E-state index contributed by atoms with van der Waals surface area (Å²) in [5, 5.41) is 0. The van der Waals surface area contributed by atoms with Crippen LogP contribution in [0.2, 0.25) is 0 Å². The van der Waals surface area contributed by atoms with Gasteiger partial charge in [-0.25, -0.2) is 0 Å². The standard InChI is InChI=1S/C10H14ClNO/c1-10(2,8-11)9(13)7-12-5-3-4-6-12/h3-6H,7-8H2,1-2H3. The maximum atomic E-state index is 11.7. The molecule has 0 unspecified atom stereocenters. The van der Waals surface area contributed by atoms with Crippen molar-refractivity contribution in [2.75, 3.05) is 5.88 Å². The van der Waals surface area contributed by atoms with Crippen LogP contribution in [0, 0.1) is 5.41 Å². The van der Waals surface area contributed by atoms with Crippen molar-refractivity contribution in [3.63, 3.8) is 0 Å².